The Morgan fingerprint density at radius 3 is 3.00 bits per heavy atom. The number of nitrogens with zero attached hydrogens (tertiary/aromatic N) is 1. The molecule has 0 aliphatic carbocycles. The predicted octanol–water partition coefficient (Wildman–Crippen LogP) is 2.87. The number of aromatic nitrogens is 1. The summed E-state index contributed by atoms with van der Waals surface area (Å²) >= 11 is 5.91. The van der Waals surface area contributed by atoms with Gasteiger partial charge < -0.3 is 9.67 Å². The third-order valence-corrected chi connectivity index (χ3v) is 3.43. The van der Waals surface area contributed by atoms with Crippen molar-refractivity contribution in [1.82, 2.24) is 4.57 Å². The lowest BCUT2D eigenvalue weighted by Gasteiger charge is -2.00. The quantitative estimate of drug-likeness (QED) is 0.826. The van der Waals surface area contributed by atoms with E-state index in [9.17, 15) is 4.79 Å². The summed E-state index contributed by atoms with van der Waals surface area (Å²) in [5, 5.41) is 10.8. The second-order valence-corrected chi connectivity index (χ2v) is 4.54. The zero-order valence-electron chi connectivity index (χ0n) is 8.48. The van der Waals surface area contributed by atoms with Gasteiger partial charge in [-0.25, -0.2) is 0 Å². The minimum Gasteiger partial charge on any atom is -0.481 e. The molecule has 1 aromatic heterocycles. The van der Waals surface area contributed by atoms with Crippen LogP contribution in [0, 0.1) is 0 Å². The van der Waals surface area contributed by atoms with Gasteiger partial charge in [0.1, 0.15) is 0 Å². The van der Waals surface area contributed by atoms with E-state index in [0.717, 1.165) is 23.1 Å². The van der Waals surface area contributed by atoms with Crippen LogP contribution in [0.3, 0.4) is 0 Å². The smallest absolute Gasteiger partial charge is 0.312 e. The van der Waals surface area contributed by atoms with Crippen molar-refractivity contribution >= 4 is 28.5 Å². The van der Waals surface area contributed by atoms with Crippen LogP contribution in [0.4, 0.5) is 0 Å². The second kappa shape index (κ2) is 3.25. The number of hydrogen-bond donors (Lipinski definition) is 1. The first kappa shape index (κ1) is 9.73. The molecule has 1 aliphatic heterocycles. The highest BCUT2D eigenvalue weighted by Gasteiger charge is 2.29. The van der Waals surface area contributed by atoms with Crippen molar-refractivity contribution in [2.75, 3.05) is 0 Å². The number of carbonyl (C=O) groups is 1. The second-order valence-electron chi connectivity index (χ2n) is 4.10. The van der Waals surface area contributed by atoms with Gasteiger partial charge in [0.05, 0.1) is 5.92 Å². The van der Waals surface area contributed by atoms with Gasteiger partial charge in [-0.3, -0.25) is 4.79 Å². The summed E-state index contributed by atoms with van der Waals surface area (Å²) in [7, 11) is 0. The molecule has 1 N–H and O–H groups in total. The molecule has 0 radical (unpaired) electrons. The summed E-state index contributed by atoms with van der Waals surface area (Å²) in [4.78, 5) is 11.1. The minimum absolute atomic E-state index is 0.369. The largest absolute Gasteiger partial charge is 0.481 e. The standard InChI is InChI=1S/C12H10ClNO2/c13-8-1-2-10-7(5-8)6-11-9(12(15)16)3-4-14(10)11/h1-2,5-6,9H,3-4H2,(H,15,16). The van der Waals surface area contributed by atoms with Crippen molar-refractivity contribution in [3.05, 3.63) is 35.0 Å². The van der Waals surface area contributed by atoms with Gasteiger partial charge >= 0.3 is 5.97 Å². The Kier molecular flexibility index (Phi) is 1.98. The number of carboxylic acid groups (broad SMARTS) is 1. The maximum Gasteiger partial charge on any atom is 0.312 e. The molecule has 1 unspecified atom stereocenters. The fourth-order valence-corrected chi connectivity index (χ4v) is 2.64. The monoisotopic (exact) mass is 235 g/mol. The minimum atomic E-state index is -0.743. The van der Waals surface area contributed by atoms with E-state index in [1.807, 2.05) is 24.3 Å². The van der Waals surface area contributed by atoms with E-state index < -0.39 is 5.97 Å². The van der Waals surface area contributed by atoms with Crippen LogP contribution in [0.1, 0.15) is 18.0 Å². The molecule has 3 rings (SSSR count). The Labute approximate surface area is 97.2 Å². The molecule has 16 heavy (non-hydrogen) atoms. The third-order valence-electron chi connectivity index (χ3n) is 3.19. The predicted molar refractivity (Wildman–Crippen MR) is 61.9 cm³/mol. The number of aliphatic carboxylic acids is 1. The highest BCUT2D eigenvalue weighted by Crippen LogP contribution is 2.35. The molecule has 2 heterocycles. The summed E-state index contributed by atoms with van der Waals surface area (Å²) in [5.41, 5.74) is 1.97. The number of halogens is 1. The van der Waals surface area contributed by atoms with Crippen molar-refractivity contribution in [1.29, 1.82) is 0 Å². The lowest BCUT2D eigenvalue weighted by atomic mass is 10.1. The maximum absolute atomic E-state index is 11.1. The molecule has 0 amide bonds. The van der Waals surface area contributed by atoms with E-state index in [4.69, 9.17) is 16.7 Å². The third kappa shape index (κ3) is 1.25. The van der Waals surface area contributed by atoms with Crippen LogP contribution in [0.5, 0.6) is 0 Å². The van der Waals surface area contributed by atoms with E-state index >= 15 is 0 Å². The van der Waals surface area contributed by atoms with E-state index in [2.05, 4.69) is 4.57 Å². The van der Waals surface area contributed by atoms with Crippen LogP contribution < -0.4 is 0 Å². The molecule has 0 bridgehead atoms. The van der Waals surface area contributed by atoms with Crippen molar-refractivity contribution < 1.29 is 9.90 Å². The molecule has 82 valence electrons. The highest BCUT2D eigenvalue weighted by atomic mass is 35.5. The molecule has 0 saturated heterocycles. The topological polar surface area (TPSA) is 42.2 Å². The average molecular weight is 236 g/mol. The van der Waals surface area contributed by atoms with Crippen LogP contribution in [-0.4, -0.2) is 15.6 Å². The molecule has 1 aromatic carbocycles. The van der Waals surface area contributed by atoms with Crippen LogP contribution in [0.25, 0.3) is 10.9 Å². The number of fused-ring (bicyclic) bond motifs is 3. The SMILES string of the molecule is O=C(O)C1CCn2c1cc1cc(Cl)ccc12. The van der Waals surface area contributed by atoms with Gasteiger partial charge in [-0.15, -0.1) is 0 Å². The Hall–Kier alpha value is -1.48. The fraction of sp³-hybridized carbons (Fsp3) is 0.250. The van der Waals surface area contributed by atoms with Crippen molar-refractivity contribution in [2.24, 2.45) is 0 Å². The van der Waals surface area contributed by atoms with Crippen LogP contribution in [0.2, 0.25) is 5.02 Å². The fourth-order valence-electron chi connectivity index (χ4n) is 2.46. The number of hydrogen-bond acceptors (Lipinski definition) is 1. The molecule has 1 atom stereocenters. The number of rotatable bonds is 1. The Balaban J connectivity index is 2.24. The van der Waals surface area contributed by atoms with Gasteiger partial charge in [-0.05, 0) is 30.7 Å². The molecule has 0 saturated carbocycles. The zero-order valence-corrected chi connectivity index (χ0v) is 9.24. The molecule has 2 aromatic rings. The van der Waals surface area contributed by atoms with E-state index in [-0.39, 0.29) is 5.92 Å². The van der Waals surface area contributed by atoms with Gasteiger partial charge in [0.2, 0.25) is 0 Å². The molecule has 3 nitrogen and oxygen atoms in total. The molecular weight excluding hydrogens is 226 g/mol. The van der Waals surface area contributed by atoms with Crippen LogP contribution in [0.15, 0.2) is 24.3 Å². The first-order valence-electron chi connectivity index (χ1n) is 5.18. The highest BCUT2D eigenvalue weighted by molar-refractivity contribution is 6.31. The van der Waals surface area contributed by atoms with Gasteiger partial charge in [0, 0.05) is 28.2 Å². The van der Waals surface area contributed by atoms with E-state index in [1.165, 1.54) is 0 Å². The number of aryl methyl sites for hydroxylation is 1. The number of carboxylic acids is 1. The molecule has 1 aliphatic rings. The summed E-state index contributed by atoms with van der Waals surface area (Å²) < 4.78 is 2.07. The summed E-state index contributed by atoms with van der Waals surface area (Å²) in [6, 6.07) is 7.60. The summed E-state index contributed by atoms with van der Waals surface area (Å²) in [6.45, 7) is 0.775. The van der Waals surface area contributed by atoms with Gasteiger partial charge in [0.15, 0.2) is 0 Å². The normalized spacial score (nSPS) is 18.9. The van der Waals surface area contributed by atoms with E-state index in [0.29, 0.717) is 11.4 Å². The molecule has 0 fully saturated rings. The van der Waals surface area contributed by atoms with Gasteiger partial charge in [-0.1, -0.05) is 11.6 Å². The number of benzene rings is 1. The first-order chi connectivity index (χ1) is 7.66. The van der Waals surface area contributed by atoms with Crippen LogP contribution in [-0.2, 0) is 11.3 Å². The molecule has 0 spiro atoms. The molecule has 4 heteroatoms. The van der Waals surface area contributed by atoms with Gasteiger partial charge in [-0.2, -0.15) is 0 Å². The van der Waals surface area contributed by atoms with Crippen LogP contribution >= 0.6 is 11.6 Å². The first-order valence-corrected chi connectivity index (χ1v) is 5.56. The van der Waals surface area contributed by atoms with Crippen molar-refractivity contribution in [2.45, 2.75) is 18.9 Å². The average Bonchev–Trinajstić information content (AvgIpc) is 2.74. The lowest BCUT2D eigenvalue weighted by Crippen LogP contribution is -2.07. The Bertz CT molecular complexity index is 588. The van der Waals surface area contributed by atoms with Gasteiger partial charge in [0.25, 0.3) is 0 Å². The Morgan fingerprint density at radius 2 is 2.25 bits per heavy atom. The zero-order chi connectivity index (χ0) is 11.3. The summed E-state index contributed by atoms with van der Waals surface area (Å²) in [5.74, 6) is -1.11. The van der Waals surface area contributed by atoms with Crippen molar-refractivity contribution in [3.63, 3.8) is 0 Å². The maximum atomic E-state index is 11.1. The molecular formula is C12H10ClNO2. The summed E-state index contributed by atoms with van der Waals surface area (Å²) in [6.07, 6.45) is 0.684. The van der Waals surface area contributed by atoms with Crippen molar-refractivity contribution in [3.8, 4) is 0 Å². The van der Waals surface area contributed by atoms with E-state index in [1.54, 1.807) is 0 Å². The Morgan fingerprint density at radius 1 is 1.44 bits per heavy atom. The lowest BCUT2D eigenvalue weighted by molar-refractivity contribution is -0.138.